The maximum absolute atomic E-state index is 4.35. The van der Waals surface area contributed by atoms with E-state index in [-0.39, 0.29) is 0 Å². The molecule has 1 aromatic carbocycles. The molecule has 4 aromatic rings. The lowest BCUT2D eigenvalue weighted by atomic mass is 10.1. The van der Waals surface area contributed by atoms with Crippen molar-refractivity contribution in [1.82, 2.24) is 15.2 Å². The summed E-state index contributed by atoms with van der Waals surface area (Å²) in [7, 11) is 2.02. The van der Waals surface area contributed by atoms with Crippen molar-refractivity contribution in [3.63, 3.8) is 0 Å². The number of hydrogen-bond donors (Lipinski definition) is 2. The lowest BCUT2D eigenvalue weighted by Gasteiger charge is -2.04. The number of fused-ring (bicyclic) bond motifs is 2. The first-order valence-electron chi connectivity index (χ1n) is 6.75. The highest BCUT2D eigenvalue weighted by Crippen LogP contribution is 2.24. The lowest BCUT2D eigenvalue weighted by Crippen LogP contribution is -2.25. The molecule has 0 amide bonds. The van der Waals surface area contributed by atoms with Crippen LogP contribution < -0.4 is 9.88 Å². The first-order valence-corrected chi connectivity index (χ1v) is 6.75. The molecule has 4 rings (SSSR count). The molecule has 5 nitrogen and oxygen atoms in total. The molecule has 0 aliphatic carbocycles. The molecule has 0 spiro atoms. The molecule has 2 N–H and O–H groups in total. The molecule has 5 heteroatoms. The number of aromatic nitrogens is 4. The van der Waals surface area contributed by atoms with E-state index in [1.165, 1.54) is 10.8 Å². The Morgan fingerprint density at radius 3 is 3.05 bits per heavy atom. The predicted molar refractivity (Wildman–Crippen MR) is 82.3 cm³/mol. The Kier molecular flexibility index (Phi) is 2.57. The second-order valence-corrected chi connectivity index (χ2v) is 5.05. The third-order valence-electron chi connectivity index (χ3n) is 3.50. The summed E-state index contributed by atoms with van der Waals surface area (Å²) in [6.45, 7) is 0. The quantitative estimate of drug-likeness (QED) is 0.553. The Hall–Kier alpha value is -2.95. The van der Waals surface area contributed by atoms with Gasteiger partial charge in [-0.05, 0) is 35.7 Å². The second kappa shape index (κ2) is 4.56. The van der Waals surface area contributed by atoms with E-state index in [0.29, 0.717) is 0 Å². The number of aryl methyl sites for hydroxylation is 1. The molecule has 0 radical (unpaired) electrons. The Morgan fingerprint density at radius 1 is 1.14 bits per heavy atom. The molecule has 3 heterocycles. The van der Waals surface area contributed by atoms with Gasteiger partial charge in [0.1, 0.15) is 12.6 Å². The molecule has 102 valence electrons. The number of anilines is 2. The SMILES string of the molecule is C[n+]1ccc2cc(Nc3n[nH]c4cccnc34)ccc2c1. The van der Waals surface area contributed by atoms with Crippen LogP contribution in [0.1, 0.15) is 0 Å². The lowest BCUT2D eigenvalue weighted by molar-refractivity contribution is -0.670. The zero-order valence-corrected chi connectivity index (χ0v) is 11.5. The van der Waals surface area contributed by atoms with E-state index < -0.39 is 0 Å². The van der Waals surface area contributed by atoms with E-state index in [0.717, 1.165) is 22.5 Å². The largest absolute Gasteiger partial charge is 0.337 e. The molecule has 0 aliphatic heterocycles. The van der Waals surface area contributed by atoms with Gasteiger partial charge in [-0.3, -0.25) is 10.1 Å². The number of nitrogens with zero attached hydrogens (tertiary/aromatic N) is 3. The van der Waals surface area contributed by atoms with Gasteiger partial charge in [0.05, 0.1) is 5.52 Å². The van der Waals surface area contributed by atoms with E-state index in [1.54, 1.807) is 6.20 Å². The van der Waals surface area contributed by atoms with Gasteiger partial charge in [-0.2, -0.15) is 5.10 Å². The van der Waals surface area contributed by atoms with Crippen molar-refractivity contribution in [2.24, 2.45) is 7.05 Å². The minimum Gasteiger partial charge on any atom is -0.337 e. The van der Waals surface area contributed by atoms with Gasteiger partial charge < -0.3 is 5.32 Å². The Labute approximate surface area is 121 Å². The molecule has 0 aliphatic rings. The summed E-state index contributed by atoms with van der Waals surface area (Å²) in [6.07, 6.45) is 5.91. The molecule has 0 bridgehead atoms. The van der Waals surface area contributed by atoms with Crippen LogP contribution in [0, 0.1) is 0 Å². The highest BCUT2D eigenvalue weighted by atomic mass is 15.2. The fraction of sp³-hybridized carbons (Fsp3) is 0.0625. The Morgan fingerprint density at radius 2 is 2.10 bits per heavy atom. The predicted octanol–water partition coefficient (Wildman–Crippen LogP) is 2.68. The summed E-state index contributed by atoms with van der Waals surface area (Å²) in [5, 5.41) is 13.0. The molecule has 0 fully saturated rings. The van der Waals surface area contributed by atoms with E-state index in [9.17, 15) is 0 Å². The summed E-state index contributed by atoms with van der Waals surface area (Å²) >= 11 is 0. The van der Waals surface area contributed by atoms with Gasteiger partial charge in [0.25, 0.3) is 0 Å². The third kappa shape index (κ3) is 2.08. The van der Waals surface area contributed by atoms with Crippen LogP contribution in [0.4, 0.5) is 11.5 Å². The van der Waals surface area contributed by atoms with Crippen molar-refractivity contribution in [1.29, 1.82) is 0 Å². The van der Waals surface area contributed by atoms with E-state index in [2.05, 4.69) is 44.9 Å². The van der Waals surface area contributed by atoms with Crippen molar-refractivity contribution in [3.05, 3.63) is 55.0 Å². The number of pyridine rings is 2. The number of rotatable bonds is 2. The fourth-order valence-electron chi connectivity index (χ4n) is 2.45. The maximum Gasteiger partial charge on any atom is 0.178 e. The van der Waals surface area contributed by atoms with Crippen LogP contribution in [0.25, 0.3) is 21.8 Å². The van der Waals surface area contributed by atoms with Crippen molar-refractivity contribution in [2.45, 2.75) is 0 Å². The summed E-state index contributed by atoms with van der Waals surface area (Å²) in [5.41, 5.74) is 2.76. The minimum atomic E-state index is 0.742. The minimum absolute atomic E-state index is 0.742. The molecular weight excluding hydrogens is 262 g/mol. The fourth-order valence-corrected chi connectivity index (χ4v) is 2.45. The zero-order chi connectivity index (χ0) is 14.2. The Balaban J connectivity index is 1.75. The average Bonchev–Trinajstić information content (AvgIpc) is 2.91. The molecule has 0 saturated heterocycles. The summed E-state index contributed by atoms with van der Waals surface area (Å²) in [4.78, 5) is 4.35. The Bertz CT molecular complexity index is 942. The molecule has 3 aromatic heterocycles. The van der Waals surface area contributed by atoms with Crippen molar-refractivity contribution in [2.75, 3.05) is 5.32 Å². The number of aromatic amines is 1. The van der Waals surface area contributed by atoms with Gasteiger partial charge in [0, 0.05) is 23.3 Å². The molecule has 21 heavy (non-hydrogen) atoms. The number of nitrogens with one attached hydrogen (secondary N) is 2. The van der Waals surface area contributed by atoms with E-state index in [1.807, 2.05) is 36.0 Å². The smallest absolute Gasteiger partial charge is 0.178 e. The van der Waals surface area contributed by atoms with Crippen molar-refractivity contribution in [3.8, 4) is 0 Å². The van der Waals surface area contributed by atoms with Gasteiger partial charge in [0.15, 0.2) is 18.2 Å². The van der Waals surface area contributed by atoms with Crippen LogP contribution in [0.3, 0.4) is 0 Å². The molecule has 0 atom stereocenters. The second-order valence-electron chi connectivity index (χ2n) is 5.05. The monoisotopic (exact) mass is 276 g/mol. The highest BCUT2D eigenvalue weighted by Gasteiger charge is 2.07. The number of benzene rings is 1. The molecule has 0 unspecified atom stereocenters. The summed E-state index contributed by atoms with van der Waals surface area (Å²) in [6, 6.07) is 12.2. The van der Waals surface area contributed by atoms with Crippen LogP contribution in [0.2, 0.25) is 0 Å². The first kappa shape index (κ1) is 11.8. The van der Waals surface area contributed by atoms with Crippen LogP contribution in [-0.2, 0) is 7.05 Å². The first-order chi connectivity index (χ1) is 10.3. The van der Waals surface area contributed by atoms with E-state index in [4.69, 9.17) is 0 Å². The van der Waals surface area contributed by atoms with Crippen LogP contribution >= 0.6 is 0 Å². The topological polar surface area (TPSA) is 57.5 Å². The highest BCUT2D eigenvalue weighted by molar-refractivity contribution is 5.90. The van der Waals surface area contributed by atoms with Gasteiger partial charge >= 0.3 is 0 Å². The van der Waals surface area contributed by atoms with E-state index >= 15 is 0 Å². The van der Waals surface area contributed by atoms with Crippen LogP contribution in [0.15, 0.2) is 55.0 Å². The molecular formula is C16H14N5+. The standard InChI is InChI=1S/C16H13N5/c1-21-8-6-11-9-13(5-4-12(11)10-21)18-16-15-14(19-20-16)3-2-7-17-15/h2-10H,1H3,(H,17,19,20)/p+1. The zero-order valence-electron chi connectivity index (χ0n) is 11.5. The van der Waals surface area contributed by atoms with Gasteiger partial charge in [-0.1, -0.05) is 0 Å². The number of H-pyrrole nitrogens is 1. The van der Waals surface area contributed by atoms with Gasteiger partial charge in [-0.25, -0.2) is 4.57 Å². The van der Waals surface area contributed by atoms with Crippen molar-refractivity contribution < 1.29 is 4.57 Å². The van der Waals surface area contributed by atoms with Gasteiger partial charge in [0.2, 0.25) is 0 Å². The maximum atomic E-state index is 4.35. The summed E-state index contributed by atoms with van der Waals surface area (Å²) in [5.74, 6) is 0.742. The van der Waals surface area contributed by atoms with Crippen LogP contribution in [0.5, 0.6) is 0 Å². The van der Waals surface area contributed by atoms with Crippen LogP contribution in [-0.4, -0.2) is 15.2 Å². The average molecular weight is 276 g/mol. The number of hydrogen-bond acceptors (Lipinski definition) is 3. The normalized spacial score (nSPS) is 11.1. The summed E-state index contributed by atoms with van der Waals surface area (Å²) < 4.78 is 2.04. The van der Waals surface area contributed by atoms with Crippen molar-refractivity contribution >= 4 is 33.3 Å². The third-order valence-corrected chi connectivity index (χ3v) is 3.50. The molecule has 0 saturated carbocycles. The van der Waals surface area contributed by atoms with Gasteiger partial charge in [-0.15, -0.1) is 0 Å².